The summed E-state index contributed by atoms with van der Waals surface area (Å²) in [4.78, 5) is 24.4. The lowest BCUT2D eigenvalue weighted by Crippen LogP contribution is -2.28. The molecule has 0 saturated heterocycles. The third kappa shape index (κ3) is 5.88. The van der Waals surface area contributed by atoms with Gasteiger partial charge in [0.15, 0.2) is 0 Å². The van der Waals surface area contributed by atoms with Crippen LogP contribution >= 0.6 is 15.9 Å². The monoisotopic (exact) mass is 418 g/mol. The molecule has 2 N–H and O–H groups in total. The first-order valence-electron chi connectivity index (χ1n) is 8.31. The average molecular weight is 419 g/mol. The third-order valence-electron chi connectivity index (χ3n) is 3.49. The predicted octanol–water partition coefficient (Wildman–Crippen LogP) is 5.29. The molecule has 0 radical (unpaired) electrons. The second kappa shape index (κ2) is 8.36. The molecule has 26 heavy (non-hydrogen) atoms. The summed E-state index contributed by atoms with van der Waals surface area (Å²) in [6.45, 7) is 7.29. The Morgan fingerprint density at radius 3 is 2.42 bits per heavy atom. The minimum atomic E-state index is -0.586. The summed E-state index contributed by atoms with van der Waals surface area (Å²) >= 11 is 3.49. The van der Waals surface area contributed by atoms with Gasteiger partial charge in [0, 0.05) is 15.7 Å². The zero-order valence-electron chi connectivity index (χ0n) is 15.3. The number of hydrogen-bond acceptors (Lipinski definition) is 3. The van der Waals surface area contributed by atoms with Crippen LogP contribution in [0.3, 0.4) is 0 Å². The number of hydrogen-bond donors (Lipinski definition) is 2. The Kier molecular flexibility index (Phi) is 6.42. The van der Waals surface area contributed by atoms with Gasteiger partial charge in [-0.3, -0.25) is 10.1 Å². The molecule has 0 aliphatic rings. The SMILES string of the molecule is C[C@@H](NC(=O)c1cccc(NC(=O)OC(C)(C)C)c1)c1ccccc1Br. The van der Waals surface area contributed by atoms with Gasteiger partial charge >= 0.3 is 6.09 Å². The second-order valence-electron chi connectivity index (χ2n) is 6.92. The van der Waals surface area contributed by atoms with Crippen molar-refractivity contribution < 1.29 is 14.3 Å². The van der Waals surface area contributed by atoms with E-state index < -0.39 is 11.7 Å². The van der Waals surface area contributed by atoms with Gasteiger partial charge in [0.2, 0.25) is 0 Å². The molecule has 138 valence electrons. The van der Waals surface area contributed by atoms with Crippen molar-refractivity contribution in [2.45, 2.75) is 39.3 Å². The highest BCUT2D eigenvalue weighted by Crippen LogP contribution is 2.23. The first kappa shape index (κ1) is 20.0. The van der Waals surface area contributed by atoms with Crippen LogP contribution in [0.15, 0.2) is 53.0 Å². The Balaban J connectivity index is 2.06. The van der Waals surface area contributed by atoms with Gasteiger partial charge in [-0.2, -0.15) is 0 Å². The number of carbonyl (C=O) groups is 2. The molecule has 2 amide bonds. The average Bonchev–Trinajstić information content (AvgIpc) is 2.53. The second-order valence-corrected chi connectivity index (χ2v) is 7.78. The van der Waals surface area contributed by atoms with E-state index in [0.717, 1.165) is 10.0 Å². The number of halogens is 1. The first-order valence-corrected chi connectivity index (χ1v) is 9.10. The van der Waals surface area contributed by atoms with E-state index in [9.17, 15) is 9.59 Å². The van der Waals surface area contributed by atoms with Crippen LogP contribution in [-0.2, 0) is 4.74 Å². The van der Waals surface area contributed by atoms with E-state index in [0.29, 0.717) is 11.3 Å². The molecule has 0 fully saturated rings. The molecule has 0 heterocycles. The van der Waals surface area contributed by atoms with E-state index in [-0.39, 0.29) is 11.9 Å². The van der Waals surface area contributed by atoms with Crippen LogP contribution in [0, 0.1) is 0 Å². The van der Waals surface area contributed by atoms with Gasteiger partial charge in [0.25, 0.3) is 5.91 Å². The van der Waals surface area contributed by atoms with Gasteiger partial charge in [-0.15, -0.1) is 0 Å². The zero-order chi connectivity index (χ0) is 19.3. The molecule has 5 nitrogen and oxygen atoms in total. The van der Waals surface area contributed by atoms with Crippen LogP contribution in [0.2, 0.25) is 0 Å². The van der Waals surface area contributed by atoms with Gasteiger partial charge in [-0.25, -0.2) is 4.79 Å². The first-order chi connectivity index (χ1) is 12.2. The van der Waals surface area contributed by atoms with Crippen molar-refractivity contribution in [1.82, 2.24) is 5.32 Å². The van der Waals surface area contributed by atoms with Crippen molar-refractivity contribution in [3.8, 4) is 0 Å². The highest BCUT2D eigenvalue weighted by atomic mass is 79.9. The number of carbonyl (C=O) groups excluding carboxylic acids is 2. The van der Waals surface area contributed by atoms with Crippen molar-refractivity contribution >= 4 is 33.6 Å². The Morgan fingerprint density at radius 2 is 1.77 bits per heavy atom. The van der Waals surface area contributed by atoms with Gasteiger partial charge < -0.3 is 10.1 Å². The van der Waals surface area contributed by atoms with Crippen molar-refractivity contribution in [2.75, 3.05) is 5.32 Å². The van der Waals surface area contributed by atoms with Crippen molar-refractivity contribution in [2.24, 2.45) is 0 Å². The quantitative estimate of drug-likeness (QED) is 0.708. The van der Waals surface area contributed by atoms with E-state index in [4.69, 9.17) is 4.74 Å². The topological polar surface area (TPSA) is 67.4 Å². The van der Waals surface area contributed by atoms with Crippen molar-refractivity contribution in [3.63, 3.8) is 0 Å². The van der Waals surface area contributed by atoms with Gasteiger partial charge in [-0.1, -0.05) is 40.2 Å². The van der Waals surface area contributed by atoms with Crippen LogP contribution < -0.4 is 10.6 Å². The summed E-state index contributed by atoms with van der Waals surface area (Å²) in [5.41, 5.74) is 1.36. The number of nitrogens with one attached hydrogen (secondary N) is 2. The number of amides is 2. The molecular formula is C20H23BrN2O3. The molecule has 0 saturated carbocycles. The number of benzene rings is 2. The van der Waals surface area contributed by atoms with Crippen LogP contribution in [-0.4, -0.2) is 17.6 Å². The van der Waals surface area contributed by atoms with Gasteiger partial charge in [-0.05, 0) is 57.5 Å². The molecule has 2 aromatic rings. The van der Waals surface area contributed by atoms with Crippen molar-refractivity contribution in [1.29, 1.82) is 0 Å². The molecule has 0 unspecified atom stereocenters. The lowest BCUT2D eigenvalue weighted by Gasteiger charge is -2.20. The summed E-state index contributed by atoms with van der Waals surface area (Å²) in [7, 11) is 0. The summed E-state index contributed by atoms with van der Waals surface area (Å²) in [5.74, 6) is -0.221. The molecule has 0 aliphatic heterocycles. The molecule has 2 aromatic carbocycles. The molecule has 0 aromatic heterocycles. The maximum atomic E-state index is 12.5. The Bertz CT molecular complexity index is 800. The normalized spacial score (nSPS) is 12.2. The van der Waals surface area contributed by atoms with E-state index in [1.807, 2.05) is 31.2 Å². The predicted molar refractivity (Wildman–Crippen MR) is 106 cm³/mol. The third-order valence-corrected chi connectivity index (χ3v) is 4.21. The fraction of sp³-hybridized carbons (Fsp3) is 0.300. The maximum absolute atomic E-state index is 12.5. The summed E-state index contributed by atoms with van der Waals surface area (Å²) in [6, 6.07) is 14.3. The molecule has 0 aliphatic carbocycles. The minimum Gasteiger partial charge on any atom is -0.444 e. The fourth-order valence-corrected chi connectivity index (χ4v) is 2.97. The lowest BCUT2D eigenvalue weighted by atomic mass is 10.1. The maximum Gasteiger partial charge on any atom is 0.412 e. The van der Waals surface area contributed by atoms with E-state index in [1.54, 1.807) is 45.0 Å². The Hall–Kier alpha value is -2.34. The van der Waals surface area contributed by atoms with Crippen LogP contribution in [0.1, 0.15) is 49.7 Å². The summed E-state index contributed by atoms with van der Waals surface area (Å²) in [5, 5.41) is 5.60. The van der Waals surface area contributed by atoms with Crippen molar-refractivity contribution in [3.05, 3.63) is 64.1 Å². The molecule has 2 rings (SSSR count). The lowest BCUT2D eigenvalue weighted by molar-refractivity contribution is 0.0635. The summed E-state index contributed by atoms with van der Waals surface area (Å²) < 4.78 is 6.16. The minimum absolute atomic E-state index is 0.166. The fourth-order valence-electron chi connectivity index (χ4n) is 2.34. The number of rotatable bonds is 4. The molecule has 0 spiro atoms. The van der Waals surface area contributed by atoms with Gasteiger partial charge in [0.1, 0.15) is 5.60 Å². The largest absolute Gasteiger partial charge is 0.444 e. The standard InChI is InChI=1S/C20H23BrN2O3/c1-13(16-10-5-6-11-17(16)21)22-18(24)14-8-7-9-15(12-14)23-19(25)26-20(2,3)4/h5-13H,1-4H3,(H,22,24)(H,23,25)/t13-/m1/s1. The molecular weight excluding hydrogens is 396 g/mol. The van der Waals surface area contributed by atoms with E-state index >= 15 is 0 Å². The van der Waals surface area contributed by atoms with E-state index in [1.165, 1.54) is 0 Å². The Morgan fingerprint density at radius 1 is 1.08 bits per heavy atom. The highest BCUT2D eigenvalue weighted by Gasteiger charge is 2.17. The van der Waals surface area contributed by atoms with E-state index in [2.05, 4.69) is 26.6 Å². The summed E-state index contributed by atoms with van der Waals surface area (Å²) in [6.07, 6.45) is -0.559. The number of anilines is 1. The molecule has 1 atom stereocenters. The van der Waals surface area contributed by atoms with Crippen LogP contribution in [0.5, 0.6) is 0 Å². The van der Waals surface area contributed by atoms with Crippen LogP contribution in [0.4, 0.5) is 10.5 Å². The number of ether oxygens (including phenoxy) is 1. The molecule has 6 heteroatoms. The highest BCUT2D eigenvalue weighted by molar-refractivity contribution is 9.10. The molecule has 0 bridgehead atoms. The van der Waals surface area contributed by atoms with Crippen LogP contribution in [0.25, 0.3) is 0 Å². The smallest absolute Gasteiger partial charge is 0.412 e. The van der Waals surface area contributed by atoms with Gasteiger partial charge in [0.05, 0.1) is 6.04 Å². The zero-order valence-corrected chi connectivity index (χ0v) is 16.9. The Labute approximate surface area is 162 Å².